The highest BCUT2D eigenvalue weighted by molar-refractivity contribution is 5.95. The largest absolute Gasteiger partial charge is 0.449 e. The summed E-state index contributed by atoms with van der Waals surface area (Å²) >= 11 is 0. The molecule has 0 bridgehead atoms. The fourth-order valence-corrected chi connectivity index (χ4v) is 3.59. The predicted molar refractivity (Wildman–Crippen MR) is 94.0 cm³/mol. The van der Waals surface area contributed by atoms with Gasteiger partial charge >= 0.3 is 0 Å². The van der Waals surface area contributed by atoms with E-state index < -0.39 is 0 Å². The first-order valence-corrected chi connectivity index (χ1v) is 8.53. The third kappa shape index (κ3) is 2.81. The van der Waals surface area contributed by atoms with Gasteiger partial charge in [-0.2, -0.15) is 0 Å². The quantitative estimate of drug-likeness (QED) is 0.748. The second kappa shape index (κ2) is 6.33. The van der Waals surface area contributed by atoms with E-state index >= 15 is 0 Å². The molecule has 0 spiro atoms. The number of pyridine rings is 1. The van der Waals surface area contributed by atoms with Gasteiger partial charge in [-0.25, -0.2) is 0 Å². The van der Waals surface area contributed by atoms with Crippen LogP contribution in [0, 0.1) is 5.41 Å². The Bertz CT molecular complexity index is 846. The summed E-state index contributed by atoms with van der Waals surface area (Å²) in [5.74, 6) is -0.0476. The Morgan fingerprint density at radius 3 is 2.68 bits per heavy atom. The molecule has 0 aliphatic heterocycles. The second-order valence-electron chi connectivity index (χ2n) is 6.69. The molecule has 128 valence electrons. The molecule has 0 saturated heterocycles. The van der Waals surface area contributed by atoms with Crippen LogP contribution in [0.1, 0.15) is 41.4 Å². The van der Waals surface area contributed by atoms with E-state index in [1.807, 2.05) is 30.3 Å². The second-order valence-corrected chi connectivity index (χ2v) is 6.69. The summed E-state index contributed by atoms with van der Waals surface area (Å²) in [6.07, 6.45) is 4.52. The number of rotatable bonds is 5. The fraction of sp³-hybridized carbons (Fsp3) is 0.300. The summed E-state index contributed by atoms with van der Waals surface area (Å²) in [6, 6.07) is 14.8. The maximum Gasteiger partial charge on any atom is 0.287 e. The van der Waals surface area contributed by atoms with E-state index in [0.717, 1.165) is 24.8 Å². The minimum atomic E-state index is -0.304. The van der Waals surface area contributed by atoms with Crippen molar-refractivity contribution in [3.05, 3.63) is 66.1 Å². The number of aliphatic hydroxyl groups excluding tert-OH is 1. The lowest BCUT2D eigenvalue weighted by molar-refractivity contribution is 0.00563. The molecule has 0 radical (unpaired) electrons. The maximum atomic E-state index is 12.8. The van der Waals surface area contributed by atoms with Crippen molar-refractivity contribution < 1.29 is 14.3 Å². The third-order valence-corrected chi connectivity index (χ3v) is 5.20. The van der Waals surface area contributed by atoms with Crippen molar-refractivity contribution >= 4 is 17.0 Å². The Kier molecular flexibility index (Phi) is 4.01. The topological polar surface area (TPSA) is 75.4 Å². The maximum absolute atomic E-state index is 12.8. The molecule has 1 atom stereocenters. The molecule has 1 amide bonds. The lowest BCUT2D eigenvalue weighted by atomic mass is 9.63. The van der Waals surface area contributed by atoms with Crippen LogP contribution < -0.4 is 5.32 Å². The number of hydrogen-bond donors (Lipinski definition) is 2. The van der Waals surface area contributed by atoms with Gasteiger partial charge in [-0.1, -0.05) is 36.8 Å². The van der Waals surface area contributed by atoms with Crippen LogP contribution in [0.2, 0.25) is 0 Å². The van der Waals surface area contributed by atoms with E-state index in [0.29, 0.717) is 11.1 Å². The molecule has 1 aliphatic rings. The molecule has 1 unspecified atom stereocenters. The van der Waals surface area contributed by atoms with E-state index in [4.69, 9.17) is 4.42 Å². The standard InChI is InChI=1S/C20H20N2O3/c23-13-20(9-5-10-20)18(14-6-2-1-3-7-14)22-19(24)17-12-15-16(25-17)8-4-11-21-15/h1-4,6-8,11-12,18,23H,5,9-10,13H2,(H,22,24). The van der Waals surface area contributed by atoms with Gasteiger partial charge in [-0.05, 0) is 30.5 Å². The number of carbonyl (C=O) groups excluding carboxylic acids is 1. The van der Waals surface area contributed by atoms with Gasteiger partial charge in [0.05, 0.1) is 12.6 Å². The Balaban J connectivity index is 1.65. The molecule has 25 heavy (non-hydrogen) atoms. The number of fused-ring (bicyclic) bond motifs is 1. The first-order chi connectivity index (χ1) is 12.2. The highest BCUT2D eigenvalue weighted by Gasteiger charge is 2.45. The number of amides is 1. The summed E-state index contributed by atoms with van der Waals surface area (Å²) in [6.45, 7) is 0.0501. The third-order valence-electron chi connectivity index (χ3n) is 5.20. The zero-order chi connectivity index (χ0) is 17.3. The van der Waals surface area contributed by atoms with Gasteiger partial charge in [0.1, 0.15) is 5.52 Å². The van der Waals surface area contributed by atoms with E-state index in [9.17, 15) is 9.90 Å². The van der Waals surface area contributed by atoms with Crippen LogP contribution in [-0.2, 0) is 0 Å². The van der Waals surface area contributed by atoms with Gasteiger partial charge in [-0.15, -0.1) is 0 Å². The minimum absolute atomic E-state index is 0.0501. The predicted octanol–water partition coefficient (Wildman–Crippen LogP) is 3.46. The zero-order valence-electron chi connectivity index (χ0n) is 13.8. The number of nitrogens with zero attached hydrogens (tertiary/aromatic N) is 1. The van der Waals surface area contributed by atoms with Crippen LogP contribution in [0.5, 0.6) is 0 Å². The van der Waals surface area contributed by atoms with Gasteiger partial charge < -0.3 is 14.8 Å². The number of carbonyl (C=O) groups is 1. The molecule has 3 aromatic rings. The molecule has 1 saturated carbocycles. The van der Waals surface area contributed by atoms with Crippen molar-refractivity contribution in [3.63, 3.8) is 0 Å². The molecular formula is C20H20N2O3. The average Bonchev–Trinajstić information content (AvgIpc) is 3.05. The molecule has 4 rings (SSSR count). The molecule has 1 aromatic carbocycles. The summed E-state index contributed by atoms with van der Waals surface area (Å²) in [4.78, 5) is 17.0. The molecule has 2 aromatic heterocycles. The first kappa shape index (κ1) is 15.8. The van der Waals surface area contributed by atoms with Crippen molar-refractivity contribution in [2.75, 3.05) is 6.61 Å². The number of furan rings is 1. The summed E-state index contributed by atoms with van der Waals surface area (Å²) < 4.78 is 5.63. The van der Waals surface area contributed by atoms with Crippen molar-refractivity contribution in [1.82, 2.24) is 10.3 Å². The lowest BCUT2D eigenvalue weighted by Crippen LogP contribution is -2.47. The SMILES string of the molecule is O=C(NC(c1ccccc1)C1(CO)CCC1)c1cc2ncccc2o1. The molecule has 1 aliphatic carbocycles. The van der Waals surface area contributed by atoms with E-state index in [1.165, 1.54) is 0 Å². The zero-order valence-corrected chi connectivity index (χ0v) is 13.8. The van der Waals surface area contributed by atoms with Crippen molar-refractivity contribution in [3.8, 4) is 0 Å². The molecular weight excluding hydrogens is 316 g/mol. The molecule has 5 heteroatoms. The van der Waals surface area contributed by atoms with Crippen LogP contribution in [0.4, 0.5) is 0 Å². The van der Waals surface area contributed by atoms with Crippen LogP contribution >= 0.6 is 0 Å². The smallest absolute Gasteiger partial charge is 0.287 e. The Morgan fingerprint density at radius 2 is 2.04 bits per heavy atom. The number of aromatic nitrogens is 1. The van der Waals surface area contributed by atoms with Crippen LogP contribution in [-0.4, -0.2) is 22.6 Å². The van der Waals surface area contributed by atoms with Gasteiger partial charge in [0.25, 0.3) is 5.91 Å². The average molecular weight is 336 g/mol. The normalized spacial score (nSPS) is 17.0. The van der Waals surface area contributed by atoms with Gasteiger partial charge in [0.2, 0.25) is 0 Å². The Labute approximate surface area is 145 Å². The Hall–Kier alpha value is -2.66. The van der Waals surface area contributed by atoms with E-state index in [2.05, 4.69) is 10.3 Å². The Morgan fingerprint density at radius 1 is 1.24 bits per heavy atom. The first-order valence-electron chi connectivity index (χ1n) is 8.53. The van der Waals surface area contributed by atoms with Crippen molar-refractivity contribution in [1.29, 1.82) is 0 Å². The highest BCUT2D eigenvalue weighted by atomic mass is 16.3. The van der Waals surface area contributed by atoms with Crippen molar-refractivity contribution in [2.45, 2.75) is 25.3 Å². The molecule has 5 nitrogen and oxygen atoms in total. The number of benzene rings is 1. The molecule has 1 fully saturated rings. The summed E-state index contributed by atoms with van der Waals surface area (Å²) in [5, 5.41) is 13.1. The monoisotopic (exact) mass is 336 g/mol. The fourth-order valence-electron chi connectivity index (χ4n) is 3.59. The van der Waals surface area contributed by atoms with Gasteiger partial charge in [0, 0.05) is 17.7 Å². The number of nitrogens with one attached hydrogen (secondary N) is 1. The molecule has 2 heterocycles. The minimum Gasteiger partial charge on any atom is -0.449 e. The lowest BCUT2D eigenvalue weighted by Gasteiger charge is -2.46. The van der Waals surface area contributed by atoms with Gasteiger partial charge in [-0.3, -0.25) is 9.78 Å². The van der Waals surface area contributed by atoms with Crippen LogP contribution in [0.15, 0.2) is 59.1 Å². The summed E-state index contributed by atoms with van der Waals surface area (Å²) in [7, 11) is 0. The molecule has 2 N–H and O–H groups in total. The van der Waals surface area contributed by atoms with Crippen LogP contribution in [0.3, 0.4) is 0 Å². The summed E-state index contributed by atoms with van der Waals surface area (Å²) in [5.41, 5.74) is 1.94. The van der Waals surface area contributed by atoms with E-state index in [1.54, 1.807) is 24.4 Å². The number of aliphatic hydroxyl groups is 1. The highest BCUT2D eigenvalue weighted by Crippen LogP contribution is 2.50. The van der Waals surface area contributed by atoms with Gasteiger partial charge in [0.15, 0.2) is 11.3 Å². The van der Waals surface area contributed by atoms with Crippen molar-refractivity contribution in [2.24, 2.45) is 5.41 Å². The van der Waals surface area contributed by atoms with E-state index in [-0.39, 0.29) is 29.7 Å². The number of hydrogen-bond acceptors (Lipinski definition) is 4. The van der Waals surface area contributed by atoms with Crippen LogP contribution in [0.25, 0.3) is 11.1 Å².